The van der Waals surface area contributed by atoms with E-state index in [-0.39, 0.29) is 11.9 Å². The predicted octanol–water partition coefficient (Wildman–Crippen LogP) is 2.50. The van der Waals surface area contributed by atoms with Gasteiger partial charge in [0.05, 0.1) is 0 Å². The summed E-state index contributed by atoms with van der Waals surface area (Å²) in [5.41, 5.74) is 7.94. The first kappa shape index (κ1) is 14.4. The van der Waals surface area contributed by atoms with Crippen LogP contribution in [-0.2, 0) is 5.75 Å². The Hall–Kier alpha value is -1.00. The maximum atomic E-state index is 12.3. The zero-order chi connectivity index (χ0) is 13.7. The van der Waals surface area contributed by atoms with Gasteiger partial charge in [-0.05, 0) is 36.3 Å². The standard InChI is InChI=1S/C15H22N2OS/c1-2-19-11-12-3-5-13(6-4-12)15(18)17-9-7-14(16)8-10-17/h3-6,14H,2,7-11,16H2,1H3. The molecular weight excluding hydrogens is 256 g/mol. The molecule has 104 valence electrons. The van der Waals surface area contributed by atoms with E-state index in [2.05, 4.69) is 19.1 Å². The summed E-state index contributed by atoms with van der Waals surface area (Å²) < 4.78 is 0. The van der Waals surface area contributed by atoms with Crippen LogP contribution in [0.5, 0.6) is 0 Å². The largest absolute Gasteiger partial charge is 0.339 e. The Labute approximate surface area is 119 Å². The molecule has 19 heavy (non-hydrogen) atoms. The molecule has 1 amide bonds. The van der Waals surface area contributed by atoms with Crippen LogP contribution in [0.3, 0.4) is 0 Å². The minimum Gasteiger partial charge on any atom is -0.339 e. The lowest BCUT2D eigenvalue weighted by Crippen LogP contribution is -2.42. The Morgan fingerprint density at radius 3 is 2.53 bits per heavy atom. The number of piperidine rings is 1. The minimum atomic E-state index is 0.140. The molecule has 0 radical (unpaired) electrons. The fraction of sp³-hybridized carbons (Fsp3) is 0.533. The second-order valence-corrected chi connectivity index (χ2v) is 6.24. The molecule has 0 spiro atoms. The maximum Gasteiger partial charge on any atom is 0.253 e. The Kier molecular flexibility index (Phi) is 5.28. The van der Waals surface area contributed by atoms with E-state index in [1.54, 1.807) is 0 Å². The van der Waals surface area contributed by atoms with Gasteiger partial charge in [-0.3, -0.25) is 4.79 Å². The van der Waals surface area contributed by atoms with Gasteiger partial charge < -0.3 is 10.6 Å². The summed E-state index contributed by atoms with van der Waals surface area (Å²) in [5.74, 6) is 2.28. The van der Waals surface area contributed by atoms with Crippen molar-refractivity contribution in [2.45, 2.75) is 31.6 Å². The van der Waals surface area contributed by atoms with Crippen molar-refractivity contribution in [1.82, 2.24) is 4.90 Å². The van der Waals surface area contributed by atoms with Crippen molar-refractivity contribution in [2.75, 3.05) is 18.8 Å². The SMILES string of the molecule is CCSCc1ccc(C(=O)N2CCC(N)CC2)cc1. The van der Waals surface area contributed by atoms with Gasteiger partial charge in [0, 0.05) is 30.4 Å². The highest BCUT2D eigenvalue weighted by atomic mass is 32.2. The predicted molar refractivity (Wildman–Crippen MR) is 81.4 cm³/mol. The first-order chi connectivity index (χ1) is 9.20. The number of nitrogens with zero attached hydrogens (tertiary/aromatic N) is 1. The molecule has 0 aliphatic carbocycles. The Balaban J connectivity index is 1.95. The Bertz CT molecular complexity index is 411. The van der Waals surface area contributed by atoms with Gasteiger partial charge in [0.1, 0.15) is 0 Å². The molecule has 0 bridgehead atoms. The van der Waals surface area contributed by atoms with Crippen molar-refractivity contribution < 1.29 is 4.79 Å². The third kappa shape index (κ3) is 3.98. The van der Waals surface area contributed by atoms with E-state index in [0.717, 1.165) is 43.0 Å². The summed E-state index contributed by atoms with van der Waals surface area (Å²) in [4.78, 5) is 14.2. The summed E-state index contributed by atoms with van der Waals surface area (Å²) in [5, 5.41) is 0. The summed E-state index contributed by atoms with van der Waals surface area (Å²) in [6.07, 6.45) is 1.83. The normalized spacial score (nSPS) is 16.6. The van der Waals surface area contributed by atoms with E-state index in [1.165, 1.54) is 5.56 Å². The molecular formula is C15H22N2OS. The van der Waals surface area contributed by atoms with Gasteiger partial charge in [-0.25, -0.2) is 0 Å². The molecule has 2 rings (SSSR count). The van der Waals surface area contributed by atoms with E-state index in [0.29, 0.717) is 0 Å². The molecule has 1 aromatic rings. The van der Waals surface area contributed by atoms with Gasteiger partial charge in [-0.2, -0.15) is 11.8 Å². The molecule has 1 aliphatic heterocycles. The number of hydrogen-bond donors (Lipinski definition) is 1. The summed E-state index contributed by atoms with van der Waals surface area (Å²) >= 11 is 1.89. The van der Waals surface area contributed by atoms with Gasteiger partial charge in [0.15, 0.2) is 0 Å². The van der Waals surface area contributed by atoms with Crippen LogP contribution in [0.4, 0.5) is 0 Å². The molecule has 0 atom stereocenters. The number of thioether (sulfide) groups is 1. The van der Waals surface area contributed by atoms with Crippen LogP contribution in [0.1, 0.15) is 35.7 Å². The van der Waals surface area contributed by atoms with Crippen molar-refractivity contribution in [1.29, 1.82) is 0 Å². The second kappa shape index (κ2) is 6.96. The number of amides is 1. The number of hydrogen-bond acceptors (Lipinski definition) is 3. The molecule has 1 heterocycles. The molecule has 0 saturated carbocycles. The average Bonchev–Trinajstić information content (AvgIpc) is 2.46. The number of benzene rings is 1. The number of carbonyl (C=O) groups is 1. The monoisotopic (exact) mass is 278 g/mol. The van der Waals surface area contributed by atoms with Crippen molar-refractivity contribution in [3.63, 3.8) is 0 Å². The zero-order valence-electron chi connectivity index (χ0n) is 11.5. The van der Waals surface area contributed by atoms with Crippen LogP contribution >= 0.6 is 11.8 Å². The van der Waals surface area contributed by atoms with Gasteiger partial charge in [-0.15, -0.1) is 0 Å². The van der Waals surface area contributed by atoms with Crippen LogP contribution in [-0.4, -0.2) is 35.7 Å². The number of likely N-dealkylation sites (tertiary alicyclic amines) is 1. The third-order valence-electron chi connectivity index (χ3n) is 3.50. The first-order valence-electron chi connectivity index (χ1n) is 6.92. The maximum absolute atomic E-state index is 12.3. The summed E-state index contributed by atoms with van der Waals surface area (Å²) in [7, 11) is 0. The van der Waals surface area contributed by atoms with Crippen LogP contribution in [0, 0.1) is 0 Å². The quantitative estimate of drug-likeness (QED) is 0.920. The topological polar surface area (TPSA) is 46.3 Å². The molecule has 0 aromatic heterocycles. The van der Waals surface area contributed by atoms with E-state index >= 15 is 0 Å². The highest BCUT2D eigenvalue weighted by Gasteiger charge is 2.21. The molecule has 2 N–H and O–H groups in total. The van der Waals surface area contributed by atoms with Crippen molar-refractivity contribution in [3.8, 4) is 0 Å². The fourth-order valence-electron chi connectivity index (χ4n) is 2.25. The highest BCUT2D eigenvalue weighted by Crippen LogP contribution is 2.16. The van der Waals surface area contributed by atoms with Crippen molar-refractivity contribution in [2.24, 2.45) is 5.73 Å². The van der Waals surface area contributed by atoms with Gasteiger partial charge in [0.25, 0.3) is 5.91 Å². The van der Waals surface area contributed by atoms with Crippen LogP contribution in [0.15, 0.2) is 24.3 Å². The van der Waals surface area contributed by atoms with Crippen LogP contribution in [0.2, 0.25) is 0 Å². The lowest BCUT2D eigenvalue weighted by Gasteiger charge is -2.30. The van der Waals surface area contributed by atoms with E-state index in [4.69, 9.17) is 5.73 Å². The lowest BCUT2D eigenvalue weighted by atomic mass is 10.0. The van der Waals surface area contributed by atoms with Gasteiger partial charge >= 0.3 is 0 Å². The first-order valence-corrected chi connectivity index (χ1v) is 8.07. The fourth-order valence-corrected chi connectivity index (χ4v) is 2.88. The van der Waals surface area contributed by atoms with E-state index in [1.807, 2.05) is 28.8 Å². The molecule has 0 unspecified atom stereocenters. The molecule has 1 saturated heterocycles. The minimum absolute atomic E-state index is 0.140. The average molecular weight is 278 g/mol. The smallest absolute Gasteiger partial charge is 0.253 e. The van der Waals surface area contributed by atoms with Gasteiger partial charge in [-0.1, -0.05) is 19.1 Å². The molecule has 1 fully saturated rings. The number of nitrogens with two attached hydrogens (primary N) is 1. The van der Waals surface area contributed by atoms with Crippen LogP contribution in [0.25, 0.3) is 0 Å². The van der Waals surface area contributed by atoms with Gasteiger partial charge in [0.2, 0.25) is 0 Å². The second-order valence-electron chi connectivity index (χ2n) is 4.96. The number of carbonyl (C=O) groups excluding carboxylic acids is 1. The molecule has 3 nitrogen and oxygen atoms in total. The van der Waals surface area contributed by atoms with E-state index < -0.39 is 0 Å². The summed E-state index contributed by atoms with van der Waals surface area (Å²) in [6, 6.07) is 8.28. The molecule has 1 aliphatic rings. The Morgan fingerprint density at radius 1 is 1.32 bits per heavy atom. The zero-order valence-corrected chi connectivity index (χ0v) is 12.3. The highest BCUT2D eigenvalue weighted by molar-refractivity contribution is 7.98. The van der Waals surface area contributed by atoms with Crippen molar-refractivity contribution in [3.05, 3.63) is 35.4 Å². The lowest BCUT2D eigenvalue weighted by molar-refractivity contribution is 0.0715. The van der Waals surface area contributed by atoms with Crippen LogP contribution < -0.4 is 5.73 Å². The Morgan fingerprint density at radius 2 is 1.95 bits per heavy atom. The summed E-state index contributed by atoms with van der Waals surface area (Å²) in [6.45, 7) is 3.73. The molecule has 4 heteroatoms. The van der Waals surface area contributed by atoms with E-state index in [9.17, 15) is 4.79 Å². The third-order valence-corrected chi connectivity index (χ3v) is 4.45. The molecule has 1 aromatic carbocycles. The number of rotatable bonds is 4. The van der Waals surface area contributed by atoms with Crippen molar-refractivity contribution >= 4 is 17.7 Å².